The first-order valence-corrected chi connectivity index (χ1v) is 8.30. The summed E-state index contributed by atoms with van der Waals surface area (Å²) in [4.78, 5) is 27.2. The van der Waals surface area contributed by atoms with Crippen molar-refractivity contribution < 1.29 is 9.59 Å². The van der Waals surface area contributed by atoms with E-state index >= 15 is 0 Å². The summed E-state index contributed by atoms with van der Waals surface area (Å²) in [6.45, 7) is 1.95. The number of carbonyl (C=O) groups excluding carboxylic acids is 2. The number of amides is 2. The first kappa shape index (κ1) is 13.6. The first-order valence-electron chi connectivity index (χ1n) is 7.36. The topological polar surface area (TPSA) is 49.4 Å². The molecule has 2 aliphatic rings. The van der Waals surface area contributed by atoms with E-state index in [-0.39, 0.29) is 17.9 Å². The summed E-state index contributed by atoms with van der Waals surface area (Å²) in [5.74, 6) is 0.0854. The Kier molecular flexibility index (Phi) is 3.54. The molecule has 1 spiro atoms. The zero-order chi connectivity index (χ0) is 14.2. The van der Waals surface area contributed by atoms with Crippen LogP contribution in [0.4, 0.5) is 5.69 Å². The summed E-state index contributed by atoms with van der Waals surface area (Å²) >= 11 is 1.56. The molecule has 1 unspecified atom stereocenters. The van der Waals surface area contributed by atoms with Gasteiger partial charge in [0.1, 0.15) is 11.6 Å². The van der Waals surface area contributed by atoms with Crippen LogP contribution in [0.1, 0.15) is 45.4 Å². The van der Waals surface area contributed by atoms with Gasteiger partial charge in [0.25, 0.3) is 5.91 Å². The fourth-order valence-corrected chi connectivity index (χ4v) is 4.04. The first-order chi connectivity index (χ1) is 9.68. The van der Waals surface area contributed by atoms with Crippen molar-refractivity contribution in [1.82, 2.24) is 5.32 Å². The Hall–Kier alpha value is -1.36. The third-order valence-corrected chi connectivity index (χ3v) is 5.15. The molecular weight excluding hydrogens is 272 g/mol. The summed E-state index contributed by atoms with van der Waals surface area (Å²) < 4.78 is 0. The van der Waals surface area contributed by atoms with Crippen LogP contribution < -0.4 is 10.2 Å². The number of anilines is 1. The van der Waals surface area contributed by atoms with Crippen LogP contribution in [0.15, 0.2) is 16.8 Å². The molecule has 2 fully saturated rings. The van der Waals surface area contributed by atoms with E-state index in [0.717, 1.165) is 37.8 Å². The van der Waals surface area contributed by atoms with Gasteiger partial charge in [0.15, 0.2) is 0 Å². The Balaban J connectivity index is 1.99. The second-order valence-electron chi connectivity index (χ2n) is 5.71. The molecular formula is C15H20N2O2S. The molecule has 1 aromatic rings. The van der Waals surface area contributed by atoms with E-state index in [4.69, 9.17) is 0 Å². The van der Waals surface area contributed by atoms with Crippen molar-refractivity contribution in [2.24, 2.45) is 0 Å². The Bertz CT molecular complexity index is 506. The lowest BCUT2D eigenvalue weighted by Crippen LogP contribution is -2.71. The zero-order valence-corrected chi connectivity index (χ0v) is 12.5. The van der Waals surface area contributed by atoms with Gasteiger partial charge in [0.2, 0.25) is 5.91 Å². The van der Waals surface area contributed by atoms with E-state index in [1.54, 1.807) is 16.2 Å². The normalized spacial score (nSPS) is 25.9. The number of nitrogens with zero attached hydrogens (tertiary/aromatic N) is 1. The maximum Gasteiger partial charge on any atom is 0.253 e. The predicted molar refractivity (Wildman–Crippen MR) is 79.8 cm³/mol. The Morgan fingerprint density at radius 1 is 1.35 bits per heavy atom. The van der Waals surface area contributed by atoms with Gasteiger partial charge in [-0.3, -0.25) is 14.5 Å². The number of thiophene rings is 1. The molecule has 1 N–H and O–H groups in total. The number of piperazine rings is 1. The van der Waals surface area contributed by atoms with Crippen molar-refractivity contribution >= 4 is 28.8 Å². The summed E-state index contributed by atoms with van der Waals surface area (Å²) in [6.07, 6.45) is 5.37. The van der Waals surface area contributed by atoms with Gasteiger partial charge in [-0.05, 0) is 30.7 Å². The number of hydrogen-bond acceptors (Lipinski definition) is 3. The van der Waals surface area contributed by atoms with E-state index in [1.807, 2.05) is 23.8 Å². The Labute approximate surface area is 123 Å². The minimum atomic E-state index is -0.650. The number of carbonyl (C=O) groups is 2. The van der Waals surface area contributed by atoms with E-state index in [9.17, 15) is 9.59 Å². The van der Waals surface area contributed by atoms with Gasteiger partial charge in [-0.15, -0.1) is 0 Å². The average molecular weight is 292 g/mol. The lowest BCUT2D eigenvalue weighted by atomic mass is 9.78. The average Bonchev–Trinajstić information content (AvgIpc) is 2.97. The van der Waals surface area contributed by atoms with Crippen LogP contribution in [0.25, 0.3) is 0 Å². The molecule has 1 saturated heterocycles. The monoisotopic (exact) mass is 292 g/mol. The number of nitrogens with one attached hydrogen (secondary N) is 1. The van der Waals surface area contributed by atoms with Crippen LogP contribution in [-0.4, -0.2) is 23.4 Å². The van der Waals surface area contributed by atoms with Crippen LogP contribution in [0.3, 0.4) is 0 Å². The van der Waals surface area contributed by atoms with Crippen molar-refractivity contribution in [2.75, 3.05) is 4.90 Å². The lowest BCUT2D eigenvalue weighted by molar-refractivity contribution is -0.139. The summed E-state index contributed by atoms with van der Waals surface area (Å²) in [7, 11) is 0. The van der Waals surface area contributed by atoms with Crippen LogP contribution in [0.5, 0.6) is 0 Å². The second-order valence-corrected chi connectivity index (χ2v) is 6.49. The molecule has 1 aliphatic carbocycles. The van der Waals surface area contributed by atoms with E-state index in [0.29, 0.717) is 6.42 Å². The largest absolute Gasteiger partial charge is 0.340 e. The summed E-state index contributed by atoms with van der Waals surface area (Å²) in [5.41, 5.74) is 0.217. The van der Waals surface area contributed by atoms with Crippen molar-refractivity contribution in [3.05, 3.63) is 16.8 Å². The fourth-order valence-electron chi connectivity index (χ4n) is 3.42. The van der Waals surface area contributed by atoms with E-state index < -0.39 is 5.54 Å². The molecule has 108 valence electrons. The summed E-state index contributed by atoms with van der Waals surface area (Å²) in [5, 5.41) is 6.96. The quantitative estimate of drug-likeness (QED) is 0.911. The van der Waals surface area contributed by atoms with Crippen molar-refractivity contribution in [3.8, 4) is 0 Å². The maximum absolute atomic E-state index is 13.0. The molecule has 3 rings (SSSR count). The lowest BCUT2D eigenvalue weighted by Gasteiger charge is -2.47. The van der Waals surface area contributed by atoms with Gasteiger partial charge in [-0.25, -0.2) is 0 Å². The van der Waals surface area contributed by atoms with E-state index in [2.05, 4.69) is 5.32 Å². The maximum atomic E-state index is 13.0. The number of hydrogen-bond donors (Lipinski definition) is 1. The van der Waals surface area contributed by atoms with Gasteiger partial charge in [-0.1, -0.05) is 26.2 Å². The predicted octanol–water partition coefficient (Wildman–Crippen LogP) is 2.69. The summed E-state index contributed by atoms with van der Waals surface area (Å²) in [6, 6.07) is 1.56. The standard InChI is InChI=1S/C15H20N2O2S/c1-2-12-13(18)16-15(7-4-3-5-8-15)14(19)17(12)11-6-9-20-10-11/h6,9-10,12H,2-5,7-8H2,1H3,(H,16,18). The molecule has 0 aromatic carbocycles. The molecule has 1 aromatic heterocycles. The van der Waals surface area contributed by atoms with Gasteiger partial charge >= 0.3 is 0 Å². The Morgan fingerprint density at radius 2 is 2.10 bits per heavy atom. The third-order valence-electron chi connectivity index (χ3n) is 4.48. The molecule has 0 radical (unpaired) electrons. The highest BCUT2D eigenvalue weighted by molar-refractivity contribution is 7.08. The van der Waals surface area contributed by atoms with E-state index in [1.165, 1.54) is 0 Å². The highest BCUT2D eigenvalue weighted by atomic mass is 32.1. The van der Waals surface area contributed by atoms with Gasteiger partial charge in [0.05, 0.1) is 5.69 Å². The molecule has 5 heteroatoms. The molecule has 4 nitrogen and oxygen atoms in total. The highest BCUT2D eigenvalue weighted by Crippen LogP contribution is 2.36. The fraction of sp³-hybridized carbons (Fsp3) is 0.600. The smallest absolute Gasteiger partial charge is 0.253 e. The third kappa shape index (κ3) is 2.04. The highest BCUT2D eigenvalue weighted by Gasteiger charge is 2.51. The van der Waals surface area contributed by atoms with Crippen LogP contribution in [-0.2, 0) is 9.59 Å². The SMILES string of the molecule is CCC1C(=O)NC2(CCCCC2)C(=O)N1c1ccsc1. The minimum Gasteiger partial charge on any atom is -0.340 e. The van der Waals surface area contributed by atoms with Crippen molar-refractivity contribution in [3.63, 3.8) is 0 Å². The van der Waals surface area contributed by atoms with Gasteiger partial charge < -0.3 is 5.32 Å². The van der Waals surface area contributed by atoms with Crippen LogP contribution in [0, 0.1) is 0 Å². The van der Waals surface area contributed by atoms with Gasteiger partial charge in [0, 0.05) is 5.38 Å². The van der Waals surface area contributed by atoms with Crippen LogP contribution in [0.2, 0.25) is 0 Å². The van der Waals surface area contributed by atoms with Crippen LogP contribution >= 0.6 is 11.3 Å². The second kappa shape index (κ2) is 5.20. The molecule has 0 bridgehead atoms. The zero-order valence-electron chi connectivity index (χ0n) is 11.7. The minimum absolute atomic E-state index is 0.000185. The van der Waals surface area contributed by atoms with Crippen molar-refractivity contribution in [2.45, 2.75) is 57.0 Å². The molecule has 1 atom stereocenters. The molecule has 1 saturated carbocycles. The van der Waals surface area contributed by atoms with Crippen molar-refractivity contribution in [1.29, 1.82) is 0 Å². The number of rotatable bonds is 2. The molecule has 2 heterocycles. The molecule has 2 amide bonds. The molecule has 20 heavy (non-hydrogen) atoms. The van der Waals surface area contributed by atoms with Gasteiger partial charge in [-0.2, -0.15) is 11.3 Å². The molecule has 1 aliphatic heterocycles. The Morgan fingerprint density at radius 3 is 2.70 bits per heavy atom.